The minimum absolute atomic E-state index is 0.0380. The topological polar surface area (TPSA) is 29.1 Å². The van der Waals surface area contributed by atoms with Crippen molar-refractivity contribution in [2.24, 2.45) is 5.92 Å². The molecule has 0 aromatic heterocycles. The first-order valence-electron chi connectivity index (χ1n) is 10.3. The number of hydrogen-bond acceptors (Lipinski definition) is 2. The Morgan fingerprint density at radius 3 is 2.96 bits per heavy atom. The molecule has 26 heavy (non-hydrogen) atoms. The molecule has 2 bridgehead atoms. The van der Waals surface area contributed by atoms with Gasteiger partial charge in [-0.25, -0.2) is 0 Å². The van der Waals surface area contributed by atoms with Gasteiger partial charge in [-0.2, -0.15) is 0 Å². The SMILES string of the molecule is C/C=C1\C[N@+]2(CCCC)CC[C@]34C(=C(C=O)[C@H]1C[C@@H]32)Nc1ccccc14. The summed E-state index contributed by atoms with van der Waals surface area (Å²) in [5.41, 5.74) is 6.47. The van der Waals surface area contributed by atoms with Gasteiger partial charge in [0, 0.05) is 35.7 Å². The first kappa shape index (κ1) is 16.3. The van der Waals surface area contributed by atoms with Gasteiger partial charge in [0.2, 0.25) is 0 Å². The Kier molecular flexibility index (Phi) is 3.49. The summed E-state index contributed by atoms with van der Waals surface area (Å²) in [5, 5.41) is 3.71. The number of unbranched alkanes of at least 4 members (excludes halogenated alkanes) is 1. The van der Waals surface area contributed by atoms with E-state index < -0.39 is 0 Å². The van der Waals surface area contributed by atoms with E-state index in [1.165, 1.54) is 59.4 Å². The Morgan fingerprint density at radius 2 is 2.19 bits per heavy atom. The minimum Gasteiger partial charge on any atom is -0.357 e. The van der Waals surface area contributed by atoms with Crippen LogP contribution in [0.25, 0.3) is 0 Å². The van der Waals surface area contributed by atoms with Crippen molar-refractivity contribution >= 4 is 12.0 Å². The average molecular weight is 349 g/mol. The van der Waals surface area contributed by atoms with Crippen molar-refractivity contribution in [3.63, 3.8) is 0 Å². The Bertz CT molecular complexity index is 838. The molecule has 4 atom stereocenters. The van der Waals surface area contributed by atoms with Crippen LogP contribution in [0, 0.1) is 5.92 Å². The van der Waals surface area contributed by atoms with Crippen LogP contribution in [-0.2, 0) is 10.2 Å². The van der Waals surface area contributed by atoms with Crippen molar-refractivity contribution in [1.29, 1.82) is 0 Å². The molecule has 3 heterocycles. The summed E-state index contributed by atoms with van der Waals surface area (Å²) < 4.78 is 1.23. The molecule has 1 spiro atoms. The third-order valence-corrected chi connectivity index (χ3v) is 7.82. The second kappa shape index (κ2) is 5.56. The molecule has 3 aliphatic heterocycles. The van der Waals surface area contributed by atoms with E-state index >= 15 is 0 Å². The fourth-order valence-electron chi connectivity index (χ4n) is 6.70. The molecule has 1 N–H and O–H groups in total. The molecule has 2 fully saturated rings. The van der Waals surface area contributed by atoms with Crippen LogP contribution in [0.5, 0.6) is 0 Å². The monoisotopic (exact) mass is 349 g/mol. The maximum absolute atomic E-state index is 12.2. The Labute approximate surface area is 156 Å². The van der Waals surface area contributed by atoms with Crippen LogP contribution in [0.4, 0.5) is 5.69 Å². The van der Waals surface area contributed by atoms with Gasteiger partial charge in [0.05, 0.1) is 18.5 Å². The van der Waals surface area contributed by atoms with Gasteiger partial charge in [0.15, 0.2) is 0 Å². The van der Waals surface area contributed by atoms with Crippen molar-refractivity contribution in [3.05, 3.63) is 52.7 Å². The van der Waals surface area contributed by atoms with Crippen molar-refractivity contribution in [2.45, 2.75) is 51.0 Å². The molecule has 3 heteroatoms. The quantitative estimate of drug-likeness (QED) is 0.502. The summed E-state index contributed by atoms with van der Waals surface area (Å²) >= 11 is 0. The number of anilines is 1. The molecule has 2 saturated heterocycles. The molecule has 4 aliphatic rings. The van der Waals surface area contributed by atoms with Gasteiger partial charge in [0.25, 0.3) is 0 Å². The summed E-state index contributed by atoms with van der Waals surface area (Å²) in [6.07, 6.45) is 8.31. The molecule has 0 unspecified atom stereocenters. The van der Waals surface area contributed by atoms with E-state index in [4.69, 9.17) is 0 Å². The van der Waals surface area contributed by atoms with Gasteiger partial charge >= 0.3 is 0 Å². The lowest BCUT2D eigenvalue weighted by Crippen LogP contribution is -2.63. The number of nitrogens with one attached hydrogen (secondary N) is 1. The van der Waals surface area contributed by atoms with Crippen LogP contribution in [-0.4, -0.2) is 36.4 Å². The van der Waals surface area contributed by atoms with Crippen LogP contribution in [0.3, 0.4) is 0 Å². The predicted octanol–water partition coefficient (Wildman–Crippen LogP) is 4.17. The zero-order valence-electron chi connectivity index (χ0n) is 15.9. The van der Waals surface area contributed by atoms with E-state index in [1.54, 1.807) is 0 Å². The number of carbonyl (C=O) groups excluding carboxylic acids is 1. The van der Waals surface area contributed by atoms with Crippen LogP contribution >= 0.6 is 0 Å². The molecule has 3 nitrogen and oxygen atoms in total. The molecular formula is C23H29N2O+. The highest BCUT2D eigenvalue weighted by Crippen LogP contribution is 2.63. The van der Waals surface area contributed by atoms with E-state index in [0.717, 1.165) is 24.8 Å². The maximum atomic E-state index is 12.2. The van der Waals surface area contributed by atoms with E-state index in [0.29, 0.717) is 12.0 Å². The number of carbonyl (C=O) groups is 1. The third kappa shape index (κ3) is 1.80. The number of allylic oxidation sites excluding steroid dienone is 2. The molecular weight excluding hydrogens is 320 g/mol. The van der Waals surface area contributed by atoms with Crippen LogP contribution < -0.4 is 5.32 Å². The molecule has 136 valence electrons. The maximum Gasteiger partial charge on any atom is 0.148 e. The van der Waals surface area contributed by atoms with Crippen molar-refractivity contribution in [3.8, 4) is 0 Å². The van der Waals surface area contributed by atoms with Crippen LogP contribution in [0.1, 0.15) is 45.1 Å². The number of piperidine rings is 1. The zero-order valence-corrected chi connectivity index (χ0v) is 15.9. The summed E-state index contributed by atoms with van der Waals surface area (Å²) in [4.78, 5) is 12.2. The lowest BCUT2D eigenvalue weighted by Gasteiger charge is -2.53. The van der Waals surface area contributed by atoms with Gasteiger partial charge in [-0.1, -0.05) is 37.6 Å². The number of fused-ring (bicyclic) bond motifs is 2. The van der Waals surface area contributed by atoms with E-state index in [9.17, 15) is 4.79 Å². The molecule has 0 radical (unpaired) electrons. The molecule has 0 amide bonds. The number of para-hydroxylation sites is 1. The standard InChI is InChI=1S/C23H28N2O/c1-3-5-11-25-12-10-23-19-8-6-7-9-20(19)24-22(23)18(15-26)17(13-21(23)25)16(4-2)14-25/h4,6-9,15,17,21H,3,5,10-14H2,1-2H3/p+1/b16-4+/t17-,21-,23+,25-/m0/s1. The highest BCUT2D eigenvalue weighted by molar-refractivity contribution is 5.84. The highest BCUT2D eigenvalue weighted by atomic mass is 16.1. The van der Waals surface area contributed by atoms with Crippen molar-refractivity contribution in [1.82, 2.24) is 0 Å². The smallest absolute Gasteiger partial charge is 0.148 e. The van der Waals surface area contributed by atoms with E-state index in [1.807, 2.05) is 0 Å². The highest BCUT2D eigenvalue weighted by Gasteiger charge is 2.68. The first-order chi connectivity index (χ1) is 12.7. The van der Waals surface area contributed by atoms with Gasteiger partial charge in [-0.3, -0.25) is 4.79 Å². The normalized spacial score (nSPS) is 38.2. The lowest BCUT2D eigenvalue weighted by molar-refractivity contribution is -0.941. The summed E-state index contributed by atoms with van der Waals surface area (Å²) in [7, 11) is 0. The molecule has 5 rings (SSSR count). The Morgan fingerprint density at radius 1 is 1.35 bits per heavy atom. The van der Waals surface area contributed by atoms with E-state index in [2.05, 4.69) is 49.5 Å². The number of nitrogens with zero attached hydrogens (tertiary/aromatic N) is 1. The van der Waals surface area contributed by atoms with Gasteiger partial charge in [-0.15, -0.1) is 0 Å². The number of rotatable bonds is 4. The summed E-state index contributed by atoms with van der Waals surface area (Å²) in [5.74, 6) is 0.318. The Hall–Kier alpha value is -1.87. The predicted molar refractivity (Wildman–Crippen MR) is 105 cm³/mol. The van der Waals surface area contributed by atoms with Crippen molar-refractivity contribution < 1.29 is 9.28 Å². The second-order valence-corrected chi connectivity index (χ2v) is 8.69. The molecule has 1 aliphatic carbocycles. The van der Waals surface area contributed by atoms with Crippen LogP contribution in [0.2, 0.25) is 0 Å². The Balaban J connectivity index is 1.76. The first-order valence-corrected chi connectivity index (χ1v) is 10.3. The molecule has 0 saturated carbocycles. The number of quaternary nitrogens is 1. The third-order valence-electron chi connectivity index (χ3n) is 7.82. The van der Waals surface area contributed by atoms with Gasteiger partial charge in [-0.05, 0) is 30.5 Å². The van der Waals surface area contributed by atoms with Crippen LogP contribution in [0.15, 0.2) is 47.2 Å². The summed E-state index contributed by atoms with van der Waals surface area (Å²) in [6, 6.07) is 9.39. The van der Waals surface area contributed by atoms with Gasteiger partial charge < -0.3 is 9.80 Å². The number of hydrogen-bond donors (Lipinski definition) is 1. The fourth-order valence-corrected chi connectivity index (χ4v) is 6.70. The number of aldehydes is 1. The summed E-state index contributed by atoms with van der Waals surface area (Å²) in [6.45, 7) is 8.12. The molecule has 1 aromatic carbocycles. The number of benzene rings is 1. The van der Waals surface area contributed by atoms with Crippen molar-refractivity contribution in [2.75, 3.05) is 25.0 Å². The second-order valence-electron chi connectivity index (χ2n) is 8.69. The van der Waals surface area contributed by atoms with E-state index in [-0.39, 0.29) is 5.41 Å². The minimum atomic E-state index is 0.0380. The largest absolute Gasteiger partial charge is 0.357 e. The average Bonchev–Trinajstić information content (AvgIpc) is 3.20. The zero-order chi connectivity index (χ0) is 17.9. The molecule has 1 aromatic rings. The fraction of sp³-hybridized carbons (Fsp3) is 0.522. The lowest BCUT2D eigenvalue weighted by atomic mass is 9.61. The van der Waals surface area contributed by atoms with Gasteiger partial charge in [0.1, 0.15) is 18.9 Å².